The molecule has 0 N–H and O–H groups in total. The van der Waals surface area contributed by atoms with Crippen LogP contribution in [0.5, 0.6) is 0 Å². The van der Waals surface area contributed by atoms with E-state index in [4.69, 9.17) is 4.98 Å². The number of rotatable bonds is 7. The van der Waals surface area contributed by atoms with Gasteiger partial charge in [0.2, 0.25) is 5.91 Å². The van der Waals surface area contributed by atoms with Crippen molar-refractivity contribution in [3.63, 3.8) is 0 Å². The lowest BCUT2D eigenvalue weighted by atomic mass is 9.93. The van der Waals surface area contributed by atoms with Crippen LogP contribution in [0.15, 0.2) is 39.7 Å². The third-order valence-electron chi connectivity index (χ3n) is 7.66. The highest BCUT2D eigenvalue weighted by Gasteiger charge is 2.33. The lowest BCUT2D eigenvalue weighted by Gasteiger charge is -2.38. The lowest BCUT2D eigenvalue weighted by molar-refractivity contribution is -0.138. The molecule has 1 amide bonds. The van der Waals surface area contributed by atoms with Crippen LogP contribution in [0.1, 0.15) is 38.6 Å². The highest BCUT2D eigenvalue weighted by molar-refractivity contribution is 8.02. The maximum Gasteiger partial charge on any atom is 0.225 e. The van der Waals surface area contributed by atoms with Crippen LogP contribution in [0, 0.1) is 11.8 Å². The number of likely N-dealkylation sites (tertiary alicyclic amines) is 2. The van der Waals surface area contributed by atoms with E-state index < -0.39 is 9.84 Å². The van der Waals surface area contributed by atoms with Gasteiger partial charge in [0.1, 0.15) is 0 Å². The summed E-state index contributed by atoms with van der Waals surface area (Å²) < 4.78 is 26.4. The molecule has 0 aliphatic carbocycles. The van der Waals surface area contributed by atoms with Crippen LogP contribution < -0.4 is 0 Å². The molecule has 1 aromatic carbocycles. The first kappa shape index (κ1) is 26.1. The molecule has 0 bridgehead atoms. The molecule has 5 rings (SSSR count). The Bertz CT molecular complexity index is 1230. The molecule has 0 spiro atoms. The SMILES string of the molecule is CCSc1nc2cc(S(C)(=O)=O)ccc2n1C1CCN(C(=O)C2CCN(CC3C=CSC3)CC2)CC1. The van der Waals surface area contributed by atoms with Gasteiger partial charge in [-0.15, -0.1) is 11.8 Å². The van der Waals surface area contributed by atoms with Gasteiger partial charge in [0.25, 0.3) is 0 Å². The quantitative estimate of drug-likeness (QED) is 0.478. The molecule has 2 saturated heterocycles. The zero-order valence-corrected chi connectivity index (χ0v) is 23.6. The molecule has 2 fully saturated rings. The first-order chi connectivity index (χ1) is 17.3. The highest BCUT2D eigenvalue weighted by Crippen LogP contribution is 2.34. The largest absolute Gasteiger partial charge is 0.342 e. The smallest absolute Gasteiger partial charge is 0.225 e. The fourth-order valence-electron chi connectivity index (χ4n) is 5.68. The standard InChI is InChI=1S/C26H36N4O3S3/c1-3-35-26-27-23-16-22(36(2,32)33)4-5-24(23)30(26)21-8-13-29(14-9-21)25(31)20-6-11-28(12-7-20)17-19-10-15-34-18-19/h4-5,10,15-16,19-21H,3,6-9,11-14,17-18H2,1-2H3. The van der Waals surface area contributed by atoms with Gasteiger partial charge in [0.15, 0.2) is 15.0 Å². The van der Waals surface area contributed by atoms with Crippen molar-refractivity contribution in [1.82, 2.24) is 19.4 Å². The summed E-state index contributed by atoms with van der Waals surface area (Å²) in [7, 11) is -3.28. The Morgan fingerprint density at radius 1 is 1.14 bits per heavy atom. The number of aromatic nitrogens is 2. The van der Waals surface area contributed by atoms with E-state index in [0.29, 0.717) is 16.7 Å². The number of fused-ring (bicyclic) bond motifs is 1. The number of sulfone groups is 1. The van der Waals surface area contributed by atoms with Crippen molar-refractivity contribution in [2.75, 3.05) is 50.5 Å². The Hall–Kier alpha value is -1.49. The molecule has 36 heavy (non-hydrogen) atoms. The van der Waals surface area contributed by atoms with Gasteiger partial charge in [-0.2, -0.15) is 0 Å². The molecule has 196 valence electrons. The van der Waals surface area contributed by atoms with E-state index >= 15 is 0 Å². The highest BCUT2D eigenvalue weighted by atomic mass is 32.2. The number of benzene rings is 1. The summed E-state index contributed by atoms with van der Waals surface area (Å²) in [5, 5.41) is 3.15. The van der Waals surface area contributed by atoms with Crippen LogP contribution in [0.2, 0.25) is 0 Å². The number of piperidine rings is 2. The molecular weight excluding hydrogens is 513 g/mol. The summed E-state index contributed by atoms with van der Waals surface area (Å²) in [5.41, 5.74) is 1.71. The maximum atomic E-state index is 13.3. The number of imidazole rings is 1. The molecule has 4 heterocycles. The van der Waals surface area contributed by atoms with Gasteiger partial charge in [-0.1, -0.05) is 24.8 Å². The second kappa shape index (κ2) is 11.1. The Balaban J connectivity index is 1.22. The van der Waals surface area contributed by atoms with Crippen molar-refractivity contribution in [1.29, 1.82) is 0 Å². The predicted octanol–water partition coefficient (Wildman–Crippen LogP) is 4.30. The summed E-state index contributed by atoms with van der Waals surface area (Å²) in [6.07, 6.45) is 7.28. The summed E-state index contributed by atoms with van der Waals surface area (Å²) in [4.78, 5) is 23.0. The molecule has 3 aliphatic rings. The number of thioether (sulfide) groups is 2. The normalized spacial score (nSPS) is 22.6. The fourth-order valence-corrected chi connectivity index (χ4v) is 8.04. The molecule has 0 saturated carbocycles. The van der Waals surface area contributed by atoms with Crippen molar-refractivity contribution in [3.8, 4) is 0 Å². The molecule has 0 radical (unpaired) electrons. The molecule has 1 atom stereocenters. The second-order valence-corrected chi connectivity index (χ2v) is 14.4. The second-order valence-electron chi connectivity index (χ2n) is 10.2. The van der Waals surface area contributed by atoms with Gasteiger partial charge >= 0.3 is 0 Å². The fraction of sp³-hybridized carbons (Fsp3) is 0.615. The van der Waals surface area contributed by atoms with E-state index in [1.54, 1.807) is 23.9 Å². The molecule has 2 aromatic rings. The van der Waals surface area contributed by atoms with Crippen molar-refractivity contribution in [3.05, 3.63) is 29.7 Å². The first-order valence-corrected chi connectivity index (χ1v) is 16.9. The van der Waals surface area contributed by atoms with Gasteiger partial charge in [-0.25, -0.2) is 13.4 Å². The number of nitrogens with zero attached hydrogens (tertiary/aromatic N) is 4. The van der Waals surface area contributed by atoms with Gasteiger partial charge in [-0.05, 0) is 74.1 Å². The Morgan fingerprint density at radius 3 is 2.53 bits per heavy atom. The van der Waals surface area contributed by atoms with E-state index in [1.807, 2.05) is 17.8 Å². The molecule has 1 aromatic heterocycles. The Morgan fingerprint density at radius 2 is 1.89 bits per heavy atom. The van der Waals surface area contributed by atoms with Crippen molar-refractivity contribution < 1.29 is 13.2 Å². The molecule has 3 aliphatic heterocycles. The van der Waals surface area contributed by atoms with Gasteiger partial charge in [0, 0.05) is 43.6 Å². The van der Waals surface area contributed by atoms with Crippen LogP contribution in [0.25, 0.3) is 11.0 Å². The number of carbonyl (C=O) groups is 1. The van der Waals surface area contributed by atoms with Gasteiger partial charge < -0.3 is 14.4 Å². The molecule has 10 heteroatoms. The predicted molar refractivity (Wildman–Crippen MR) is 148 cm³/mol. The summed E-state index contributed by atoms with van der Waals surface area (Å²) in [6.45, 7) is 6.81. The van der Waals surface area contributed by atoms with E-state index in [-0.39, 0.29) is 12.0 Å². The van der Waals surface area contributed by atoms with Crippen LogP contribution in [0.3, 0.4) is 0 Å². The van der Waals surface area contributed by atoms with E-state index in [1.165, 1.54) is 12.0 Å². The molecular formula is C26H36N4O3S3. The molecule has 1 unspecified atom stereocenters. The third-order valence-corrected chi connectivity index (χ3v) is 10.6. The third kappa shape index (κ3) is 5.66. The zero-order chi connectivity index (χ0) is 25.3. The van der Waals surface area contributed by atoms with Gasteiger partial charge in [0.05, 0.1) is 15.9 Å². The van der Waals surface area contributed by atoms with Crippen molar-refractivity contribution >= 4 is 50.3 Å². The van der Waals surface area contributed by atoms with E-state index in [2.05, 4.69) is 32.8 Å². The number of carbonyl (C=O) groups excluding carboxylic acids is 1. The number of hydrogen-bond donors (Lipinski definition) is 0. The first-order valence-electron chi connectivity index (χ1n) is 13.0. The Kier molecular flexibility index (Phi) is 8.05. The average molecular weight is 549 g/mol. The summed E-state index contributed by atoms with van der Waals surface area (Å²) in [6, 6.07) is 5.53. The zero-order valence-electron chi connectivity index (χ0n) is 21.1. The minimum Gasteiger partial charge on any atom is -0.342 e. The minimum atomic E-state index is -3.28. The van der Waals surface area contributed by atoms with Crippen LogP contribution in [-0.2, 0) is 14.6 Å². The van der Waals surface area contributed by atoms with Crippen LogP contribution >= 0.6 is 23.5 Å². The van der Waals surface area contributed by atoms with E-state index in [0.717, 1.165) is 80.3 Å². The monoisotopic (exact) mass is 548 g/mol. The average Bonchev–Trinajstić information content (AvgIpc) is 3.51. The van der Waals surface area contributed by atoms with Crippen molar-refractivity contribution in [2.45, 2.75) is 48.7 Å². The number of hydrogen-bond acceptors (Lipinski definition) is 7. The van der Waals surface area contributed by atoms with Crippen LogP contribution in [0.4, 0.5) is 0 Å². The molecule has 7 nitrogen and oxygen atoms in total. The number of amides is 1. The Labute approximate surface area is 223 Å². The van der Waals surface area contributed by atoms with Crippen LogP contribution in [-0.4, -0.2) is 84.2 Å². The summed E-state index contributed by atoms with van der Waals surface area (Å²) in [5.74, 6) is 3.24. The minimum absolute atomic E-state index is 0.154. The topological polar surface area (TPSA) is 75.5 Å². The summed E-state index contributed by atoms with van der Waals surface area (Å²) >= 11 is 3.59. The van der Waals surface area contributed by atoms with Crippen molar-refractivity contribution in [2.24, 2.45) is 11.8 Å². The lowest BCUT2D eigenvalue weighted by Crippen LogP contribution is -2.46. The van der Waals surface area contributed by atoms with E-state index in [9.17, 15) is 13.2 Å². The van der Waals surface area contributed by atoms with Gasteiger partial charge in [-0.3, -0.25) is 4.79 Å². The maximum absolute atomic E-state index is 13.3.